The summed E-state index contributed by atoms with van der Waals surface area (Å²) >= 11 is 1.75. The minimum absolute atomic E-state index is 0.929. The summed E-state index contributed by atoms with van der Waals surface area (Å²) < 4.78 is 0. The highest BCUT2D eigenvalue weighted by atomic mass is 32.1. The van der Waals surface area contributed by atoms with Gasteiger partial charge in [0.05, 0.1) is 0 Å². The molecule has 90 valence electrons. The average molecular weight is 239 g/mol. The molecule has 1 rings (SSSR count). The molecule has 0 atom stereocenters. The number of hydrogen-bond acceptors (Lipinski definition) is 4. The van der Waals surface area contributed by atoms with E-state index in [-0.39, 0.29) is 0 Å². The first kappa shape index (κ1) is 13.2. The predicted octanol–water partition coefficient (Wildman–Crippen LogP) is 2.61. The molecule has 1 aromatic heterocycles. The van der Waals surface area contributed by atoms with Crippen molar-refractivity contribution in [2.45, 2.75) is 20.8 Å². The molecule has 1 heterocycles. The van der Waals surface area contributed by atoms with Crippen LogP contribution in [0.1, 0.15) is 25.6 Å². The third-order valence-electron chi connectivity index (χ3n) is 2.39. The normalized spacial score (nSPS) is 11.9. The van der Waals surface area contributed by atoms with E-state index in [2.05, 4.69) is 42.0 Å². The molecule has 16 heavy (non-hydrogen) atoms. The Morgan fingerprint density at radius 1 is 1.50 bits per heavy atom. The summed E-state index contributed by atoms with van der Waals surface area (Å²) in [4.78, 5) is 7.96. The zero-order valence-corrected chi connectivity index (χ0v) is 11.4. The van der Waals surface area contributed by atoms with Crippen LogP contribution in [0.15, 0.2) is 11.8 Å². The molecule has 0 aliphatic heterocycles. The van der Waals surface area contributed by atoms with Gasteiger partial charge in [0.15, 0.2) is 5.13 Å². The second kappa shape index (κ2) is 6.66. The smallest absolute Gasteiger partial charge is 0.185 e. The first-order valence-corrected chi connectivity index (χ1v) is 6.55. The van der Waals surface area contributed by atoms with Gasteiger partial charge < -0.3 is 10.2 Å². The van der Waals surface area contributed by atoms with Gasteiger partial charge in [-0.1, -0.05) is 16.9 Å². The summed E-state index contributed by atoms with van der Waals surface area (Å²) in [6.07, 6.45) is 4.15. The maximum atomic E-state index is 4.45. The topological polar surface area (TPSA) is 28.2 Å². The fourth-order valence-electron chi connectivity index (χ4n) is 1.56. The Balaban J connectivity index is 2.74. The Hall–Kier alpha value is -0.870. The van der Waals surface area contributed by atoms with Crippen LogP contribution in [-0.2, 0) is 0 Å². The summed E-state index contributed by atoms with van der Waals surface area (Å²) in [7, 11) is 1.96. The van der Waals surface area contributed by atoms with E-state index in [0.29, 0.717) is 0 Å². The van der Waals surface area contributed by atoms with Crippen molar-refractivity contribution in [3.63, 3.8) is 0 Å². The van der Waals surface area contributed by atoms with Crippen LogP contribution in [0.2, 0.25) is 0 Å². The van der Waals surface area contributed by atoms with Gasteiger partial charge in [-0.15, -0.1) is 0 Å². The van der Waals surface area contributed by atoms with E-state index >= 15 is 0 Å². The van der Waals surface area contributed by atoms with Gasteiger partial charge in [-0.2, -0.15) is 0 Å². The van der Waals surface area contributed by atoms with Gasteiger partial charge in [-0.25, -0.2) is 4.98 Å². The van der Waals surface area contributed by atoms with Crippen molar-refractivity contribution in [2.24, 2.45) is 0 Å². The van der Waals surface area contributed by atoms with Crippen molar-refractivity contribution in [1.29, 1.82) is 0 Å². The molecule has 0 aliphatic carbocycles. The molecular formula is C12H21N3S. The largest absolute Gasteiger partial charge is 0.349 e. The van der Waals surface area contributed by atoms with E-state index in [0.717, 1.165) is 24.8 Å². The van der Waals surface area contributed by atoms with Crippen LogP contribution >= 0.6 is 11.3 Å². The van der Waals surface area contributed by atoms with Crippen LogP contribution in [-0.4, -0.2) is 31.7 Å². The lowest BCUT2D eigenvalue weighted by molar-refractivity contribution is 0.860. The Morgan fingerprint density at radius 2 is 2.19 bits per heavy atom. The molecule has 0 spiro atoms. The standard InChI is InChI=1S/C12H21N3S/c1-5-15(6-2)12-14-9-11(16-12)7-10(3)8-13-4/h7,9,13H,5-6,8H2,1-4H3. The van der Waals surface area contributed by atoms with Gasteiger partial charge >= 0.3 is 0 Å². The fourth-order valence-corrected chi connectivity index (χ4v) is 2.63. The molecule has 0 aromatic carbocycles. The lowest BCUT2D eigenvalue weighted by Gasteiger charge is -2.16. The molecule has 1 N–H and O–H groups in total. The van der Waals surface area contributed by atoms with Gasteiger partial charge in [0.1, 0.15) is 0 Å². The van der Waals surface area contributed by atoms with Crippen molar-refractivity contribution in [3.05, 3.63) is 16.6 Å². The minimum Gasteiger partial charge on any atom is -0.349 e. The number of anilines is 1. The second-order valence-corrected chi connectivity index (χ2v) is 4.78. The lowest BCUT2D eigenvalue weighted by atomic mass is 10.3. The summed E-state index contributed by atoms with van der Waals surface area (Å²) in [6.45, 7) is 9.41. The van der Waals surface area contributed by atoms with Crippen LogP contribution < -0.4 is 10.2 Å². The van der Waals surface area contributed by atoms with E-state index in [1.54, 1.807) is 11.3 Å². The molecule has 0 bridgehead atoms. The molecule has 3 nitrogen and oxygen atoms in total. The van der Waals surface area contributed by atoms with Gasteiger partial charge in [0.2, 0.25) is 0 Å². The van der Waals surface area contributed by atoms with Crippen LogP contribution in [0, 0.1) is 0 Å². The molecular weight excluding hydrogens is 218 g/mol. The second-order valence-electron chi connectivity index (χ2n) is 3.74. The van der Waals surface area contributed by atoms with Gasteiger partial charge in [-0.05, 0) is 33.9 Å². The highest BCUT2D eigenvalue weighted by Gasteiger charge is 2.06. The first-order valence-electron chi connectivity index (χ1n) is 5.73. The van der Waals surface area contributed by atoms with Crippen molar-refractivity contribution in [2.75, 3.05) is 31.6 Å². The number of thiazole rings is 1. The summed E-state index contributed by atoms with van der Waals surface area (Å²) in [6, 6.07) is 0. The zero-order valence-electron chi connectivity index (χ0n) is 10.6. The first-order chi connectivity index (χ1) is 7.71. The Morgan fingerprint density at radius 3 is 2.75 bits per heavy atom. The maximum Gasteiger partial charge on any atom is 0.185 e. The summed E-state index contributed by atoms with van der Waals surface area (Å²) in [5.74, 6) is 0. The quantitative estimate of drug-likeness (QED) is 0.827. The number of rotatable bonds is 6. The van der Waals surface area contributed by atoms with Crippen LogP contribution in [0.4, 0.5) is 5.13 Å². The van der Waals surface area contributed by atoms with Gasteiger partial charge in [0.25, 0.3) is 0 Å². The minimum atomic E-state index is 0.929. The van der Waals surface area contributed by atoms with E-state index in [1.807, 2.05) is 13.2 Å². The molecule has 0 saturated carbocycles. The zero-order chi connectivity index (χ0) is 12.0. The number of aromatic nitrogens is 1. The fraction of sp³-hybridized carbons (Fsp3) is 0.583. The highest BCUT2D eigenvalue weighted by Crippen LogP contribution is 2.23. The molecule has 0 unspecified atom stereocenters. The third kappa shape index (κ3) is 3.61. The summed E-state index contributed by atoms with van der Waals surface area (Å²) in [5.41, 5.74) is 1.33. The number of hydrogen-bond donors (Lipinski definition) is 1. The number of likely N-dealkylation sites (N-methyl/N-ethyl adjacent to an activating group) is 1. The van der Waals surface area contributed by atoms with Crippen LogP contribution in [0.5, 0.6) is 0 Å². The molecule has 0 radical (unpaired) electrons. The molecule has 0 fully saturated rings. The number of nitrogens with one attached hydrogen (secondary N) is 1. The SMILES string of the molecule is CCN(CC)c1ncc(C=C(C)CNC)s1. The van der Waals surface area contributed by atoms with Crippen LogP contribution in [0.3, 0.4) is 0 Å². The summed E-state index contributed by atoms with van der Waals surface area (Å²) in [5, 5.41) is 4.26. The van der Waals surface area contributed by atoms with Crippen molar-refractivity contribution < 1.29 is 0 Å². The molecule has 0 aliphatic rings. The number of nitrogens with zero attached hydrogens (tertiary/aromatic N) is 2. The van der Waals surface area contributed by atoms with Crippen molar-refractivity contribution in [3.8, 4) is 0 Å². The van der Waals surface area contributed by atoms with E-state index in [1.165, 1.54) is 10.5 Å². The Labute approximate surface area is 102 Å². The predicted molar refractivity (Wildman–Crippen MR) is 73.3 cm³/mol. The molecule has 1 aromatic rings. The van der Waals surface area contributed by atoms with Gasteiger partial charge in [0, 0.05) is 30.7 Å². The monoisotopic (exact) mass is 239 g/mol. The molecule has 4 heteroatoms. The molecule has 0 amide bonds. The highest BCUT2D eigenvalue weighted by molar-refractivity contribution is 7.16. The molecule has 0 saturated heterocycles. The van der Waals surface area contributed by atoms with E-state index < -0.39 is 0 Å². The maximum absolute atomic E-state index is 4.45. The van der Waals surface area contributed by atoms with E-state index in [9.17, 15) is 0 Å². The Kier molecular flexibility index (Phi) is 5.49. The third-order valence-corrected chi connectivity index (χ3v) is 3.39. The lowest BCUT2D eigenvalue weighted by Crippen LogP contribution is -2.21. The van der Waals surface area contributed by atoms with E-state index in [4.69, 9.17) is 0 Å². The van der Waals surface area contributed by atoms with Crippen molar-refractivity contribution in [1.82, 2.24) is 10.3 Å². The van der Waals surface area contributed by atoms with Crippen LogP contribution in [0.25, 0.3) is 6.08 Å². The van der Waals surface area contributed by atoms with Crippen molar-refractivity contribution >= 4 is 22.5 Å². The average Bonchev–Trinajstić information content (AvgIpc) is 2.68. The van der Waals surface area contributed by atoms with Gasteiger partial charge in [-0.3, -0.25) is 0 Å². The Bertz CT molecular complexity index is 340.